The van der Waals surface area contributed by atoms with E-state index in [0.717, 1.165) is 25.9 Å². The first-order chi connectivity index (χ1) is 7.49. The van der Waals surface area contributed by atoms with E-state index in [1.54, 1.807) is 4.90 Å². The van der Waals surface area contributed by atoms with Gasteiger partial charge in [-0.15, -0.1) is 0 Å². The van der Waals surface area contributed by atoms with E-state index in [0.29, 0.717) is 0 Å². The fourth-order valence-electron chi connectivity index (χ4n) is 1.23. The number of nitrogens with zero attached hydrogens (tertiary/aromatic N) is 1. The molecule has 1 aliphatic rings. The molecule has 0 atom stereocenters. The van der Waals surface area contributed by atoms with Crippen molar-refractivity contribution in [1.82, 2.24) is 4.90 Å². The van der Waals surface area contributed by atoms with Crippen molar-refractivity contribution in [2.45, 2.75) is 65.5 Å². The summed E-state index contributed by atoms with van der Waals surface area (Å²) in [5, 5.41) is 0. The summed E-state index contributed by atoms with van der Waals surface area (Å²) < 4.78 is 5.21. The molecule has 0 aromatic heterocycles. The molecule has 2 N–H and O–H groups in total. The summed E-state index contributed by atoms with van der Waals surface area (Å²) >= 11 is 0. The van der Waals surface area contributed by atoms with Crippen LogP contribution in [-0.2, 0) is 4.74 Å². The van der Waals surface area contributed by atoms with Crippen molar-refractivity contribution in [3.05, 3.63) is 0 Å². The lowest BCUT2D eigenvalue weighted by Crippen LogP contribution is -2.34. The molecule has 0 aromatic rings. The van der Waals surface area contributed by atoms with Crippen molar-refractivity contribution in [3.8, 4) is 0 Å². The Morgan fingerprint density at radius 2 is 1.41 bits per heavy atom. The predicted octanol–water partition coefficient (Wildman–Crippen LogP) is 2.76. The molecule has 0 bridgehead atoms. The number of rotatable bonds is 0. The van der Waals surface area contributed by atoms with E-state index in [1.165, 1.54) is 0 Å². The maximum atomic E-state index is 11.4. The third kappa shape index (κ3) is 11.5. The summed E-state index contributed by atoms with van der Waals surface area (Å²) in [6, 6.07) is 0. The molecule has 4 nitrogen and oxygen atoms in total. The van der Waals surface area contributed by atoms with Gasteiger partial charge in [0, 0.05) is 18.6 Å². The van der Waals surface area contributed by atoms with Crippen molar-refractivity contribution >= 4 is 6.09 Å². The molecule has 1 fully saturated rings. The minimum atomic E-state index is -0.361. The lowest BCUT2D eigenvalue weighted by molar-refractivity contribution is 0.0295. The zero-order valence-corrected chi connectivity index (χ0v) is 12.2. The van der Waals surface area contributed by atoms with Gasteiger partial charge in [0.25, 0.3) is 0 Å². The molecule has 1 heterocycles. The van der Waals surface area contributed by atoms with Crippen LogP contribution in [0.2, 0.25) is 0 Å². The molecule has 1 rings (SSSR count). The zero-order valence-electron chi connectivity index (χ0n) is 12.2. The Kier molecular flexibility index (Phi) is 5.96. The van der Waals surface area contributed by atoms with Crippen molar-refractivity contribution in [2.24, 2.45) is 5.73 Å². The van der Waals surface area contributed by atoms with E-state index in [2.05, 4.69) is 0 Å². The van der Waals surface area contributed by atoms with E-state index in [-0.39, 0.29) is 17.2 Å². The van der Waals surface area contributed by atoms with Gasteiger partial charge in [0.2, 0.25) is 0 Å². The number of carbonyl (C=O) groups is 1. The zero-order chi connectivity index (χ0) is 13.7. The van der Waals surface area contributed by atoms with Gasteiger partial charge in [0.1, 0.15) is 5.60 Å². The number of amides is 1. The lowest BCUT2D eigenvalue weighted by atomic mass is 10.1. The molecular weight excluding hydrogens is 216 g/mol. The molecule has 0 saturated carbocycles. The number of ether oxygens (including phenoxy) is 1. The van der Waals surface area contributed by atoms with Gasteiger partial charge < -0.3 is 15.4 Å². The fraction of sp³-hybridized carbons (Fsp3) is 0.923. The second-order valence-corrected chi connectivity index (χ2v) is 6.54. The molecule has 0 radical (unpaired) electrons. The molecule has 1 amide bonds. The van der Waals surface area contributed by atoms with Crippen molar-refractivity contribution in [3.63, 3.8) is 0 Å². The van der Waals surface area contributed by atoms with Gasteiger partial charge in [-0.1, -0.05) is 0 Å². The van der Waals surface area contributed by atoms with Gasteiger partial charge in [0.15, 0.2) is 0 Å². The van der Waals surface area contributed by atoms with Crippen molar-refractivity contribution in [1.29, 1.82) is 0 Å². The van der Waals surface area contributed by atoms with Crippen LogP contribution in [0.15, 0.2) is 0 Å². The van der Waals surface area contributed by atoms with Crippen LogP contribution >= 0.6 is 0 Å². The second-order valence-electron chi connectivity index (χ2n) is 6.54. The molecule has 0 spiro atoms. The number of likely N-dealkylation sites (tertiary alicyclic amines) is 1. The van der Waals surface area contributed by atoms with Gasteiger partial charge in [-0.25, -0.2) is 4.79 Å². The minimum absolute atomic E-state index is 0. The average molecular weight is 244 g/mol. The molecule has 4 heteroatoms. The van der Waals surface area contributed by atoms with Crippen LogP contribution in [0.4, 0.5) is 4.79 Å². The Balaban J connectivity index is 0.000000437. The summed E-state index contributed by atoms with van der Waals surface area (Å²) in [6.07, 6.45) is 2.05. The highest BCUT2D eigenvalue weighted by Crippen LogP contribution is 2.14. The second kappa shape index (κ2) is 6.24. The van der Waals surface area contributed by atoms with Crippen LogP contribution < -0.4 is 5.73 Å². The van der Waals surface area contributed by atoms with Crippen molar-refractivity contribution in [2.75, 3.05) is 13.1 Å². The van der Waals surface area contributed by atoms with Crippen LogP contribution in [0, 0.1) is 0 Å². The van der Waals surface area contributed by atoms with Gasteiger partial charge in [-0.3, -0.25) is 0 Å². The monoisotopic (exact) mass is 244 g/mol. The van der Waals surface area contributed by atoms with E-state index in [4.69, 9.17) is 10.5 Å². The normalized spacial score (nSPS) is 16.3. The fourth-order valence-corrected chi connectivity index (χ4v) is 1.23. The van der Waals surface area contributed by atoms with Crippen LogP contribution in [0.5, 0.6) is 0 Å². The van der Waals surface area contributed by atoms with E-state index < -0.39 is 0 Å². The molecular formula is C13H28N2O2. The minimum Gasteiger partial charge on any atom is -0.444 e. The number of carbonyl (C=O) groups excluding carboxylic acids is 1. The highest BCUT2D eigenvalue weighted by atomic mass is 16.6. The standard InChI is InChI=1S/C9H17NO2.C4H11N/c1-9(2,3)12-8(11)10-6-4-5-7-10;1-4(2,3)5/h4-7H2,1-3H3;5H2,1-3H3. The Morgan fingerprint density at radius 1 is 1.06 bits per heavy atom. The quantitative estimate of drug-likeness (QED) is 0.713. The Bertz CT molecular complexity index is 227. The first-order valence-electron chi connectivity index (χ1n) is 6.26. The van der Waals surface area contributed by atoms with Gasteiger partial charge >= 0.3 is 6.09 Å². The third-order valence-electron chi connectivity index (χ3n) is 1.76. The summed E-state index contributed by atoms with van der Waals surface area (Å²) in [4.78, 5) is 13.1. The highest BCUT2D eigenvalue weighted by Gasteiger charge is 2.23. The van der Waals surface area contributed by atoms with Crippen LogP contribution in [0.3, 0.4) is 0 Å². The molecule has 0 unspecified atom stereocenters. The summed E-state index contributed by atoms with van der Waals surface area (Å²) in [5.41, 5.74) is 4.99. The van der Waals surface area contributed by atoms with E-state index >= 15 is 0 Å². The van der Waals surface area contributed by atoms with E-state index in [9.17, 15) is 4.79 Å². The van der Waals surface area contributed by atoms with Gasteiger partial charge in [-0.2, -0.15) is 0 Å². The van der Waals surface area contributed by atoms with Crippen LogP contribution in [-0.4, -0.2) is 35.2 Å². The maximum Gasteiger partial charge on any atom is 0.410 e. The van der Waals surface area contributed by atoms with Crippen LogP contribution in [0.1, 0.15) is 54.4 Å². The molecule has 0 aromatic carbocycles. The Morgan fingerprint density at radius 3 is 1.71 bits per heavy atom. The average Bonchev–Trinajstić information content (AvgIpc) is 2.47. The third-order valence-corrected chi connectivity index (χ3v) is 1.76. The molecule has 1 aliphatic heterocycles. The first-order valence-corrected chi connectivity index (χ1v) is 6.26. The Labute approximate surface area is 105 Å². The summed E-state index contributed by atoms with van der Waals surface area (Å²) in [6.45, 7) is 13.3. The topological polar surface area (TPSA) is 55.6 Å². The summed E-state index contributed by atoms with van der Waals surface area (Å²) in [7, 11) is 0. The smallest absolute Gasteiger partial charge is 0.410 e. The largest absolute Gasteiger partial charge is 0.444 e. The molecule has 1 saturated heterocycles. The Hall–Kier alpha value is -0.770. The number of hydrogen-bond acceptors (Lipinski definition) is 3. The number of hydrogen-bond donors (Lipinski definition) is 1. The molecule has 17 heavy (non-hydrogen) atoms. The highest BCUT2D eigenvalue weighted by molar-refractivity contribution is 5.68. The SMILES string of the molecule is CC(C)(C)N.CC(C)(C)OC(=O)N1CCCC1. The van der Waals surface area contributed by atoms with Crippen molar-refractivity contribution < 1.29 is 9.53 Å². The summed E-state index contributed by atoms with van der Waals surface area (Å²) in [5.74, 6) is 0. The lowest BCUT2D eigenvalue weighted by Gasteiger charge is -2.23. The van der Waals surface area contributed by atoms with E-state index in [1.807, 2.05) is 41.5 Å². The number of nitrogens with two attached hydrogens (primary N) is 1. The van der Waals surface area contributed by atoms with Crippen LogP contribution in [0.25, 0.3) is 0 Å². The first kappa shape index (κ1) is 16.2. The van der Waals surface area contributed by atoms with Gasteiger partial charge in [-0.05, 0) is 54.4 Å². The molecule has 102 valence electrons. The predicted molar refractivity (Wildman–Crippen MR) is 71.0 cm³/mol. The maximum absolute atomic E-state index is 11.4. The van der Waals surface area contributed by atoms with Gasteiger partial charge in [0.05, 0.1) is 0 Å². The molecule has 0 aliphatic carbocycles.